The minimum atomic E-state index is -0.585. The normalized spacial score (nSPS) is 12.5. The topological polar surface area (TPSA) is 54.1 Å². The molecule has 0 fully saturated rings. The first kappa shape index (κ1) is 36.2. The fourth-order valence-corrected chi connectivity index (χ4v) is 10.5. The van der Waals surface area contributed by atoms with E-state index in [1.165, 1.54) is 55.3 Å². The van der Waals surface area contributed by atoms with Crippen molar-refractivity contribution in [1.82, 2.24) is 0 Å². The van der Waals surface area contributed by atoms with E-state index in [9.17, 15) is 10.5 Å². The molecule has 0 atom stereocenters. The molecule has 0 heterocycles. The summed E-state index contributed by atoms with van der Waals surface area (Å²) in [6, 6.07) is 82.1. The summed E-state index contributed by atoms with van der Waals surface area (Å²) in [6.45, 7) is 0. The number of hydrogen-bond acceptors (Lipinski definition) is 4. The van der Waals surface area contributed by atoms with E-state index in [4.69, 9.17) is 0 Å². The molecule has 10 aromatic rings. The zero-order valence-corrected chi connectivity index (χ0v) is 34.1. The van der Waals surface area contributed by atoms with Gasteiger partial charge in [-0.15, -0.1) is 0 Å². The Kier molecular flexibility index (Phi) is 8.16. The Balaban J connectivity index is 1.10. The quantitative estimate of drug-likeness (QED) is 0.168. The number of benzene rings is 10. The average Bonchev–Trinajstić information content (AvgIpc) is 3.83. The van der Waals surface area contributed by atoms with Gasteiger partial charge in [-0.1, -0.05) is 121 Å². The summed E-state index contributed by atoms with van der Waals surface area (Å²) in [4.78, 5) is 4.53. The predicted octanol–water partition coefficient (Wildman–Crippen LogP) is 15.0. The Morgan fingerprint density at radius 3 is 1.10 bits per heavy atom. The van der Waals surface area contributed by atoms with E-state index in [0.29, 0.717) is 11.1 Å². The fourth-order valence-electron chi connectivity index (χ4n) is 10.5. The molecular weight excluding hydrogens is 765 g/mol. The maximum absolute atomic E-state index is 9.59. The van der Waals surface area contributed by atoms with E-state index >= 15 is 0 Å². The van der Waals surface area contributed by atoms with E-state index in [1.54, 1.807) is 0 Å². The van der Waals surface area contributed by atoms with Gasteiger partial charge in [0.15, 0.2) is 0 Å². The van der Waals surface area contributed by atoms with Gasteiger partial charge in [-0.25, -0.2) is 0 Å². The molecule has 0 amide bonds. The molecule has 63 heavy (non-hydrogen) atoms. The summed E-state index contributed by atoms with van der Waals surface area (Å²) >= 11 is 0. The number of fused-ring (bicyclic) bond motifs is 14. The summed E-state index contributed by atoms with van der Waals surface area (Å²) in [6.07, 6.45) is 0. The number of para-hydroxylation sites is 2. The lowest BCUT2D eigenvalue weighted by Crippen LogP contribution is -2.26. The monoisotopic (exact) mass is 800 g/mol. The highest BCUT2D eigenvalue weighted by atomic mass is 15.1. The van der Waals surface area contributed by atoms with Crippen molar-refractivity contribution in [3.63, 3.8) is 0 Å². The second-order valence-electron chi connectivity index (χ2n) is 16.3. The number of nitrogens with zero attached hydrogens (tertiary/aromatic N) is 4. The third-order valence-electron chi connectivity index (χ3n) is 13.1. The van der Waals surface area contributed by atoms with E-state index in [1.807, 2.05) is 60.7 Å². The highest BCUT2D eigenvalue weighted by molar-refractivity contribution is 6.10. The zero-order valence-electron chi connectivity index (χ0n) is 34.1. The van der Waals surface area contributed by atoms with Crippen LogP contribution >= 0.6 is 0 Å². The first-order valence-corrected chi connectivity index (χ1v) is 21.2. The van der Waals surface area contributed by atoms with Crippen molar-refractivity contribution in [3.05, 3.63) is 252 Å². The molecule has 12 rings (SSSR count). The average molecular weight is 801 g/mol. The van der Waals surface area contributed by atoms with Crippen LogP contribution in [0.5, 0.6) is 0 Å². The molecule has 0 N–H and O–H groups in total. The molecule has 10 aromatic carbocycles. The molecule has 2 aliphatic carbocycles. The second kappa shape index (κ2) is 14.2. The van der Waals surface area contributed by atoms with Gasteiger partial charge in [-0.3, -0.25) is 0 Å². The van der Waals surface area contributed by atoms with Crippen LogP contribution in [-0.2, 0) is 5.41 Å². The molecule has 0 radical (unpaired) electrons. The predicted molar refractivity (Wildman–Crippen MR) is 257 cm³/mol. The van der Waals surface area contributed by atoms with Crippen LogP contribution in [0.2, 0.25) is 0 Å². The van der Waals surface area contributed by atoms with Crippen molar-refractivity contribution in [3.8, 4) is 34.4 Å². The highest BCUT2D eigenvalue weighted by Crippen LogP contribution is 2.65. The van der Waals surface area contributed by atoms with Gasteiger partial charge in [0.1, 0.15) is 0 Å². The lowest BCUT2D eigenvalue weighted by molar-refractivity contribution is 0.809. The smallest absolute Gasteiger partial charge is 0.0991 e. The molecule has 0 bridgehead atoms. The summed E-state index contributed by atoms with van der Waals surface area (Å²) in [5, 5.41) is 23.9. The van der Waals surface area contributed by atoms with Crippen LogP contribution in [0.15, 0.2) is 218 Å². The van der Waals surface area contributed by atoms with Crippen molar-refractivity contribution >= 4 is 55.7 Å². The molecule has 0 saturated heterocycles. The summed E-state index contributed by atoms with van der Waals surface area (Å²) in [5.74, 6) is 0. The van der Waals surface area contributed by atoms with Gasteiger partial charge in [0.05, 0.1) is 28.7 Å². The summed E-state index contributed by atoms with van der Waals surface area (Å²) in [7, 11) is 0. The van der Waals surface area contributed by atoms with E-state index in [-0.39, 0.29) is 0 Å². The van der Waals surface area contributed by atoms with Crippen LogP contribution in [-0.4, -0.2) is 0 Å². The molecule has 1 spiro atoms. The van der Waals surface area contributed by atoms with Crippen molar-refractivity contribution in [2.24, 2.45) is 0 Å². The Labute approximate surface area is 366 Å². The molecule has 292 valence electrons. The minimum Gasteiger partial charge on any atom is -0.310 e. The van der Waals surface area contributed by atoms with Crippen molar-refractivity contribution < 1.29 is 0 Å². The third-order valence-corrected chi connectivity index (χ3v) is 13.1. The lowest BCUT2D eigenvalue weighted by Gasteiger charge is -2.33. The zero-order chi connectivity index (χ0) is 42.1. The number of nitriles is 2. The third kappa shape index (κ3) is 5.39. The molecule has 0 aromatic heterocycles. The second-order valence-corrected chi connectivity index (χ2v) is 16.3. The van der Waals surface area contributed by atoms with E-state index in [0.717, 1.165) is 44.9 Å². The van der Waals surface area contributed by atoms with Gasteiger partial charge in [-0.05, 0) is 163 Å². The molecule has 4 nitrogen and oxygen atoms in total. The van der Waals surface area contributed by atoms with Crippen LogP contribution in [0.25, 0.3) is 43.8 Å². The van der Waals surface area contributed by atoms with Crippen molar-refractivity contribution in [2.45, 2.75) is 5.41 Å². The fraction of sp³-hybridized carbons (Fsp3) is 0.0169. The lowest BCUT2D eigenvalue weighted by atomic mass is 9.68. The number of rotatable bonds is 6. The maximum atomic E-state index is 9.59. The molecule has 0 aliphatic heterocycles. The molecule has 0 unspecified atom stereocenters. The first-order valence-electron chi connectivity index (χ1n) is 21.2. The van der Waals surface area contributed by atoms with Crippen LogP contribution < -0.4 is 9.80 Å². The highest BCUT2D eigenvalue weighted by Gasteiger charge is 2.53. The molecule has 4 heteroatoms. The van der Waals surface area contributed by atoms with Gasteiger partial charge in [-0.2, -0.15) is 10.5 Å². The number of anilines is 6. The minimum absolute atomic E-state index is 0.585. The van der Waals surface area contributed by atoms with Gasteiger partial charge in [0.2, 0.25) is 0 Å². The Morgan fingerprint density at radius 1 is 0.317 bits per heavy atom. The Bertz CT molecular complexity index is 3290. The largest absolute Gasteiger partial charge is 0.310 e. The molecular formula is C59H36N4. The SMILES string of the molecule is N#Cc1ccc(N(c2ccccc2)c2ccc3c4c(ccc3c2)-c2ccc3cc(N(c5ccccc5)c5ccc(C#N)cc5)ccc3c2C42c3ccccc3-c3ccccc32)cc1. The number of hydrogen-bond donors (Lipinski definition) is 0. The van der Waals surface area contributed by atoms with Gasteiger partial charge in [0, 0.05) is 34.1 Å². The van der Waals surface area contributed by atoms with E-state index in [2.05, 4.69) is 180 Å². The molecule has 0 saturated carbocycles. The summed E-state index contributed by atoms with van der Waals surface area (Å²) in [5.41, 5.74) is 17.1. The van der Waals surface area contributed by atoms with Gasteiger partial charge >= 0.3 is 0 Å². The van der Waals surface area contributed by atoms with Crippen molar-refractivity contribution in [2.75, 3.05) is 9.80 Å². The van der Waals surface area contributed by atoms with Crippen LogP contribution in [0.4, 0.5) is 34.1 Å². The summed E-state index contributed by atoms with van der Waals surface area (Å²) < 4.78 is 0. The van der Waals surface area contributed by atoms with Crippen LogP contribution in [0.3, 0.4) is 0 Å². The Hall–Kier alpha value is -8.70. The van der Waals surface area contributed by atoms with Gasteiger partial charge in [0.25, 0.3) is 0 Å². The maximum Gasteiger partial charge on any atom is 0.0991 e. The Morgan fingerprint density at radius 2 is 0.683 bits per heavy atom. The first-order chi connectivity index (χ1) is 31.1. The molecule has 2 aliphatic rings. The van der Waals surface area contributed by atoms with E-state index < -0.39 is 5.41 Å². The van der Waals surface area contributed by atoms with Crippen LogP contribution in [0, 0.1) is 22.7 Å². The van der Waals surface area contributed by atoms with Crippen molar-refractivity contribution in [1.29, 1.82) is 10.5 Å². The van der Waals surface area contributed by atoms with Crippen LogP contribution in [0.1, 0.15) is 33.4 Å². The standard InChI is InChI=1S/C59H36N4/c60-37-39-19-25-45(26-20-39)62(43-11-3-1-4-12-43)47-29-33-49-41(35-47)23-31-53-54-32-24-42-36-48(63(44-13-5-2-6-14-44)46-27-21-40(38-61)22-28-46)30-34-50(42)58(54)59(57(49)53)55-17-9-7-15-51(55)52-16-8-10-18-56(52)59/h1-36H. The van der Waals surface area contributed by atoms with Gasteiger partial charge < -0.3 is 9.80 Å².